The number of aromatic nitrogens is 3. The molecule has 1 saturated heterocycles. The quantitative estimate of drug-likeness (QED) is 0.161. The third kappa shape index (κ3) is 6.19. The molecule has 5 N–H and O–H groups in total. The van der Waals surface area contributed by atoms with Crippen molar-refractivity contribution >= 4 is 23.2 Å². The summed E-state index contributed by atoms with van der Waals surface area (Å²) in [6.07, 6.45) is -3.09. The predicted octanol–water partition coefficient (Wildman–Crippen LogP) is 0.780. The highest BCUT2D eigenvalue weighted by Crippen LogP contribution is 2.40. The van der Waals surface area contributed by atoms with Crippen LogP contribution in [0.3, 0.4) is 0 Å². The van der Waals surface area contributed by atoms with Gasteiger partial charge in [-0.3, -0.25) is 9.59 Å². The van der Waals surface area contributed by atoms with Gasteiger partial charge in [0.1, 0.15) is 42.0 Å². The molecular weight excluding hydrogens is 539 g/mol. The number of carbonyl (C=O) groups is 2. The number of anilines is 1. The molecule has 1 aliphatic heterocycles. The van der Waals surface area contributed by atoms with Crippen LogP contribution in [0.25, 0.3) is 5.52 Å². The number of hydrogen-bond acceptors (Lipinski definition) is 11. The Morgan fingerprint density at radius 3 is 2.63 bits per heavy atom. The summed E-state index contributed by atoms with van der Waals surface area (Å²) in [6.45, 7) is 4.35. The number of benzene rings is 1. The number of ether oxygens (including phenoxy) is 3. The number of nitrogens with zero attached hydrogens (tertiary/aromatic N) is 4. The second-order valence-corrected chi connectivity index (χ2v) is 10.7. The van der Waals surface area contributed by atoms with Crippen molar-refractivity contribution in [2.45, 2.75) is 57.1 Å². The highest BCUT2D eigenvalue weighted by Gasteiger charge is 2.57. The van der Waals surface area contributed by atoms with E-state index in [0.717, 1.165) is 6.33 Å². The van der Waals surface area contributed by atoms with Crippen molar-refractivity contribution in [3.05, 3.63) is 59.8 Å². The average Bonchev–Trinajstić information content (AvgIpc) is 3.47. The molecule has 1 fully saturated rings. The molecule has 4 rings (SSSR count). The summed E-state index contributed by atoms with van der Waals surface area (Å²) in [6, 6.07) is 9.52. The lowest BCUT2D eigenvalue weighted by Gasteiger charge is -2.24. The number of aliphatic hydroxyl groups excluding tert-OH is 2. The van der Waals surface area contributed by atoms with Crippen molar-refractivity contribution < 1.29 is 38.4 Å². The number of nitrogens with one attached hydrogen (secondary N) is 1. The Morgan fingerprint density at radius 1 is 1.27 bits per heavy atom. The molecule has 0 spiro atoms. The maximum atomic E-state index is 13.2. The first-order chi connectivity index (χ1) is 19.4. The standard InChI is InChI=1S/C27H31FN6O7/c1-26(2,3)25(38)40-14-39-11-19-21(35)22(36)27(12-29,41-19)20-9-8-18-23(31-13-32-34(18)20)33-24(37)17(30)10-15-4-6-16(28)7-5-15/h4-9,13,17,19,21-22,35-36H,10-11,14,30H2,1-3H3,(H,31,32,33,37)/t17-,19+,21+,22+,27-/m0/s1. The van der Waals surface area contributed by atoms with Gasteiger partial charge in [0.15, 0.2) is 12.6 Å². The van der Waals surface area contributed by atoms with E-state index in [1.54, 1.807) is 20.8 Å². The van der Waals surface area contributed by atoms with Crippen molar-refractivity contribution in [2.75, 3.05) is 18.7 Å². The molecule has 14 heteroatoms. The van der Waals surface area contributed by atoms with Crippen molar-refractivity contribution in [2.24, 2.45) is 11.1 Å². The summed E-state index contributed by atoms with van der Waals surface area (Å²) >= 11 is 0. The predicted molar refractivity (Wildman–Crippen MR) is 140 cm³/mol. The monoisotopic (exact) mass is 570 g/mol. The smallest absolute Gasteiger partial charge is 0.313 e. The Morgan fingerprint density at radius 2 is 1.98 bits per heavy atom. The molecular formula is C27H31FN6O7. The molecule has 0 unspecified atom stereocenters. The third-order valence-corrected chi connectivity index (χ3v) is 6.57. The first-order valence-electron chi connectivity index (χ1n) is 12.7. The SMILES string of the molecule is CC(C)(C)C(=O)OCOC[C@H]1O[C@@](C#N)(c2ccc3c(NC(=O)[C@@H](N)Cc4ccc(F)cc4)ncnn23)[C@H](O)[C@@H]1O. The zero-order chi connectivity index (χ0) is 29.9. The van der Waals surface area contributed by atoms with Gasteiger partial charge in [-0.2, -0.15) is 10.4 Å². The van der Waals surface area contributed by atoms with Crippen LogP contribution in [-0.4, -0.2) is 74.4 Å². The zero-order valence-corrected chi connectivity index (χ0v) is 22.7. The van der Waals surface area contributed by atoms with Gasteiger partial charge in [0.2, 0.25) is 11.5 Å². The lowest BCUT2D eigenvalue weighted by Crippen LogP contribution is -2.41. The fourth-order valence-electron chi connectivity index (χ4n) is 4.28. The minimum atomic E-state index is -2.06. The summed E-state index contributed by atoms with van der Waals surface area (Å²) < 4.78 is 30.6. The number of nitriles is 1. The third-order valence-electron chi connectivity index (χ3n) is 6.57. The maximum absolute atomic E-state index is 13.2. The summed E-state index contributed by atoms with van der Waals surface area (Å²) in [4.78, 5) is 28.8. The minimum absolute atomic E-state index is 0.0664. The maximum Gasteiger partial charge on any atom is 0.313 e. The van der Waals surface area contributed by atoms with E-state index in [1.807, 2.05) is 6.07 Å². The van der Waals surface area contributed by atoms with E-state index >= 15 is 0 Å². The van der Waals surface area contributed by atoms with Gasteiger partial charge in [-0.1, -0.05) is 12.1 Å². The van der Waals surface area contributed by atoms with Crippen LogP contribution in [-0.2, 0) is 35.8 Å². The van der Waals surface area contributed by atoms with Crippen molar-refractivity contribution in [1.82, 2.24) is 14.6 Å². The number of halogens is 1. The van der Waals surface area contributed by atoms with E-state index in [-0.39, 0.29) is 30.1 Å². The molecule has 13 nitrogen and oxygen atoms in total. The van der Waals surface area contributed by atoms with Crippen molar-refractivity contribution in [3.8, 4) is 6.07 Å². The van der Waals surface area contributed by atoms with Gasteiger partial charge >= 0.3 is 5.97 Å². The molecule has 0 radical (unpaired) electrons. The molecule has 3 aromatic rings. The summed E-state index contributed by atoms with van der Waals surface area (Å²) in [5, 5.41) is 38.4. The normalized spacial score (nSPS) is 23.2. The molecule has 1 amide bonds. The number of amides is 1. The number of fused-ring (bicyclic) bond motifs is 1. The largest absolute Gasteiger partial charge is 0.438 e. The Hall–Kier alpha value is -4.00. The van der Waals surface area contributed by atoms with Crippen LogP contribution in [0.5, 0.6) is 0 Å². The number of esters is 1. The number of nitrogens with two attached hydrogens (primary N) is 1. The van der Waals surface area contributed by atoms with Gasteiger partial charge in [0, 0.05) is 0 Å². The Bertz CT molecular complexity index is 1450. The molecule has 1 aliphatic rings. The molecule has 2 aromatic heterocycles. The van der Waals surface area contributed by atoms with Crippen LogP contribution in [0, 0.1) is 22.6 Å². The molecule has 3 heterocycles. The minimum Gasteiger partial charge on any atom is -0.438 e. The lowest BCUT2D eigenvalue weighted by molar-refractivity contribution is -0.170. The summed E-state index contributed by atoms with van der Waals surface area (Å²) in [5.74, 6) is -1.38. The first-order valence-corrected chi connectivity index (χ1v) is 12.7. The van der Waals surface area contributed by atoms with E-state index in [2.05, 4.69) is 15.4 Å². The van der Waals surface area contributed by atoms with E-state index in [9.17, 15) is 29.5 Å². The summed E-state index contributed by atoms with van der Waals surface area (Å²) in [7, 11) is 0. The summed E-state index contributed by atoms with van der Waals surface area (Å²) in [5.41, 5.74) is 4.25. The zero-order valence-electron chi connectivity index (χ0n) is 22.7. The van der Waals surface area contributed by atoms with E-state index < -0.39 is 59.9 Å². The van der Waals surface area contributed by atoms with Gasteiger partial charge in [0.25, 0.3) is 0 Å². The van der Waals surface area contributed by atoms with Gasteiger partial charge in [-0.05, 0) is 57.0 Å². The molecule has 0 aliphatic carbocycles. The fourth-order valence-corrected chi connectivity index (χ4v) is 4.28. The molecule has 1 aromatic carbocycles. The highest BCUT2D eigenvalue weighted by molar-refractivity contribution is 5.97. The van der Waals surface area contributed by atoms with E-state index in [4.69, 9.17) is 19.9 Å². The van der Waals surface area contributed by atoms with Crippen LogP contribution < -0.4 is 11.1 Å². The lowest BCUT2D eigenvalue weighted by atomic mass is 9.92. The van der Waals surface area contributed by atoms with Gasteiger partial charge < -0.3 is 35.5 Å². The van der Waals surface area contributed by atoms with Crippen LogP contribution in [0.2, 0.25) is 0 Å². The van der Waals surface area contributed by atoms with Gasteiger partial charge in [0.05, 0.1) is 23.8 Å². The number of carbonyl (C=O) groups excluding carboxylic acids is 2. The van der Waals surface area contributed by atoms with Crippen molar-refractivity contribution in [1.29, 1.82) is 5.26 Å². The molecule has 5 atom stereocenters. The van der Waals surface area contributed by atoms with E-state index in [1.165, 1.54) is 40.9 Å². The Kier molecular flexibility index (Phi) is 8.66. The average molecular weight is 571 g/mol. The Balaban J connectivity index is 1.49. The Labute approximate surface area is 234 Å². The highest BCUT2D eigenvalue weighted by atomic mass is 19.1. The fraction of sp³-hybridized carbons (Fsp3) is 0.444. The second-order valence-electron chi connectivity index (χ2n) is 10.7. The topological polar surface area (TPSA) is 194 Å². The van der Waals surface area contributed by atoms with Crippen LogP contribution in [0.4, 0.5) is 10.2 Å². The number of rotatable bonds is 9. The molecule has 0 bridgehead atoms. The second kappa shape index (κ2) is 11.9. The van der Waals surface area contributed by atoms with Gasteiger partial charge in [-0.25, -0.2) is 13.9 Å². The molecule has 218 valence electrons. The number of aliphatic hydroxyl groups is 2. The molecule has 0 saturated carbocycles. The van der Waals surface area contributed by atoms with Crippen LogP contribution >= 0.6 is 0 Å². The van der Waals surface area contributed by atoms with Crippen LogP contribution in [0.15, 0.2) is 42.7 Å². The first kappa shape index (κ1) is 30.0. The number of hydrogen-bond donors (Lipinski definition) is 4. The van der Waals surface area contributed by atoms with Gasteiger partial charge in [-0.15, -0.1) is 0 Å². The van der Waals surface area contributed by atoms with Crippen LogP contribution in [0.1, 0.15) is 32.0 Å². The molecule has 41 heavy (non-hydrogen) atoms. The van der Waals surface area contributed by atoms with E-state index in [0.29, 0.717) is 5.56 Å². The van der Waals surface area contributed by atoms with Crippen molar-refractivity contribution in [3.63, 3.8) is 0 Å².